The number of nitrogens with one attached hydrogen (secondary N) is 2. The standard InChI is InChI=1S/C13H15ClN2O2/c1-7-5-10(7)13(18)16-9-3-4-12(11(14)6-9)15-8(2)17/h3-4,6-7,10H,5H2,1-2H3,(H,15,17)(H,16,18). The van der Waals surface area contributed by atoms with Gasteiger partial charge in [0, 0.05) is 18.5 Å². The van der Waals surface area contributed by atoms with E-state index in [2.05, 4.69) is 17.6 Å². The van der Waals surface area contributed by atoms with E-state index in [4.69, 9.17) is 11.6 Å². The summed E-state index contributed by atoms with van der Waals surface area (Å²) in [5.74, 6) is 0.448. The fourth-order valence-electron chi connectivity index (χ4n) is 1.81. The third-order valence-corrected chi connectivity index (χ3v) is 3.31. The summed E-state index contributed by atoms with van der Waals surface area (Å²) in [5.41, 5.74) is 1.19. The zero-order chi connectivity index (χ0) is 13.3. The molecular weight excluding hydrogens is 252 g/mol. The molecule has 1 aromatic rings. The molecule has 1 aromatic carbocycles. The third-order valence-electron chi connectivity index (χ3n) is 2.99. The van der Waals surface area contributed by atoms with Gasteiger partial charge in [-0.2, -0.15) is 0 Å². The first-order valence-corrected chi connectivity index (χ1v) is 6.23. The van der Waals surface area contributed by atoms with E-state index in [9.17, 15) is 9.59 Å². The van der Waals surface area contributed by atoms with Gasteiger partial charge in [-0.05, 0) is 30.5 Å². The van der Waals surface area contributed by atoms with Crippen LogP contribution < -0.4 is 10.6 Å². The normalized spacial score (nSPS) is 21.3. The van der Waals surface area contributed by atoms with Crippen LogP contribution in [0.5, 0.6) is 0 Å². The number of amides is 2. The minimum atomic E-state index is -0.180. The Bertz CT molecular complexity index is 502. The molecular formula is C13H15ClN2O2. The number of hydrogen-bond acceptors (Lipinski definition) is 2. The first kappa shape index (κ1) is 12.9. The maximum absolute atomic E-state index is 11.7. The monoisotopic (exact) mass is 266 g/mol. The summed E-state index contributed by atoms with van der Waals surface area (Å²) in [5, 5.41) is 5.84. The zero-order valence-electron chi connectivity index (χ0n) is 10.3. The maximum Gasteiger partial charge on any atom is 0.227 e. The van der Waals surface area contributed by atoms with Gasteiger partial charge in [-0.15, -0.1) is 0 Å². The lowest BCUT2D eigenvalue weighted by atomic mass is 10.2. The highest BCUT2D eigenvalue weighted by molar-refractivity contribution is 6.34. The molecule has 18 heavy (non-hydrogen) atoms. The van der Waals surface area contributed by atoms with E-state index in [0.29, 0.717) is 22.3 Å². The van der Waals surface area contributed by atoms with Crippen LogP contribution in [-0.4, -0.2) is 11.8 Å². The van der Waals surface area contributed by atoms with Crippen LogP contribution >= 0.6 is 11.6 Å². The highest BCUT2D eigenvalue weighted by atomic mass is 35.5. The number of carbonyl (C=O) groups is 2. The van der Waals surface area contributed by atoms with Crippen LogP contribution in [0.4, 0.5) is 11.4 Å². The molecule has 2 atom stereocenters. The fraction of sp³-hybridized carbons (Fsp3) is 0.385. The van der Waals surface area contributed by atoms with Crippen molar-refractivity contribution in [3.63, 3.8) is 0 Å². The molecule has 96 valence electrons. The van der Waals surface area contributed by atoms with Crippen molar-refractivity contribution in [1.29, 1.82) is 0 Å². The number of rotatable bonds is 3. The molecule has 0 radical (unpaired) electrons. The Morgan fingerprint density at radius 3 is 2.50 bits per heavy atom. The van der Waals surface area contributed by atoms with E-state index in [1.165, 1.54) is 6.92 Å². The molecule has 0 spiro atoms. The molecule has 0 saturated heterocycles. The predicted molar refractivity (Wildman–Crippen MR) is 71.7 cm³/mol. The Morgan fingerprint density at radius 2 is 2.00 bits per heavy atom. The topological polar surface area (TPSA) is 58.2 Å². The summed E-state index contributed by atoms with van der Waals surface area (Å²) in [7, 11) is 0. The molecule has 2 rings (SSSR count). The van der Waals surface area contributed by atoms with Gasteiger partial charge in [0.1, 0.15) is 0 Å². The van der Waals surface area contributed by atoms with Gasteiger partial charge in [0.05, 0.1) is 10.7 Å². The van der Waals surface area contributed by atoms with Gasteiger partial charge in [0.15, 0.2) is 0 Å². The number of carbonyl (C=O) groups excluding carboxylic acids is 2. The van der Waals surface area contributed by atoms with Crippen molar-refractivity contribution in [3.8, 4) is 0 Å². The van der Waals surface area contributed by atoms with E-state index in [1.807, 2.05) is 0 Å². The Kier molecular flexibility index (Phi) is 3.57. The minimum absolute atomic E-state index is 0.0332. The molecule has 0 heterocycles. The van der Waals surface area contributed by atoms with E-state index >= 15 is 0 Å². The summed E-state index contributed by atoms with van der Waals surface area (Å²) in [6.07, 6.45) is 0.948. The quantitative estimate of drug-likeness (QED) is 0.884. The van der Waals surface area contributed by atoms with Gasteiger partial charge in [-0.1, -0.05) is 18.5 Å². The molecule has 2 unspecified atom stereocenters. The first-order valence-electron chi connectivity index (χ1n) is 5.85. The van der Waals surface area contributed by atoms with Crippen molar-refractivity contribution >= 4 is 34.8 Å². The SMILES string of the molecule is CC(=O)Nc1ccc(NC(=O)C2CC2C)cc1Cl. The van der Waals surface area contributed by atoms with Crippen molar-refractivity contribution in [3.05, 3.63) is 23.2 Å². The van der Waals surface area contributed by atoms with Crippen LogP contribution in [0.1, 0.15) is 20.3 Å². The molecule has 5 heteroatoms. The molecule has 2 amide bonds. The van der Waals surface area contributed by atoms with Crippen LogP contribution in [-0.2, 0) is 9.59 Å². The van der Waals surface area contributed by atoms with E-state index in [1.54, 1.807) is 18.2 Å². The van der Waals surface area contributed by atoms with E-state index in [0.717, 1.165) is 6.42 Å². The average Bonchev–Trinajstić information content (AvgIpc) is 2.99. The Balaban J connectivity index is 2.04. The molecule has 1 fully saturated rings. The summed E-state index contributed by atoms with van der Waals surface area (Å²) in [6.45, 7) is 3.47. The second-order valence-electron chi connectivity index (χ2n) is 4.68. The lowest BCUT2D eigenvalue weighted by molar-refractivity contribution is -0.117. The van der Waals surface area contributed by atoms with Gasteiger partial charge in [0.25, 0.3) is 0 Å². The molecule has 1 saturated carbocycles. The van der Waals surface area contributed by atoms with Crippen LogP contribution in [0.25, 0.3) is 0 Å². The van der Waals surface area contributed by atoms with Crippen molar-refractivity contribution in [1.82, 2.24) is 0 Å². The fourth-order valence-corrected chi connectivity index (χ4v) is 2.03. The van der Waals surface area contributed by atoms with Crippen molar-refractivity contribution < 1.29 is 9.59 Å². The van der Waals surface area contributed by atoms with Gasteiger partial charge in [-0.3, -0.25) is 9.59 Å². The Morgan fingerprint density at radius 1 is 1.33 bits per heavy atom. The summed E-state index contributed by atoms with van der Waals surface area (Å²) in [4.78, 5) is 22.7. The highest BCUT2D eigenvalue weighted by Gasteiger charge is 2.39. The van der Waals surface area contributed by atoms with E-state index in [-0.39, 0.29) is 17.7 Å². The predicted octanol–water partition coefficient (Wildman–Crippen LogP) is 2.89. The Hall–Kier alpha value is -1.55. The van der Waals surface area contributed by atoms with Crippen LogP contribution in [0.3, 0.4) is 0 Å². The van der Waals surface area contributed by atoms with Gasteiger partial charge in [-0.25, -0.2) is 0 Å². The molecule has 1 aliphatic carbocycles. The second-order valence-corrected chi connectivity index (χ2v) is 5.09. The lowest BCUT2D eigenvalue weighted by Gasteiger charge is -2.08. The van der Waals surface area contributed by atoms with Crippen LogP contribution in [0.15, 0.2) is 18.2 Å². The highest BCUT2D eigenvalue weighted by Crippen LogP contribution is 2.38. The van der Waals surface area contributed by atoms with Gasteiger partial charge in [0.2, 0.25) is 11.8 Å². The van der Waals surface area contributed by atoms with Crippen molar-refractivity contribution in [2.45, 2.75) is 20.3 Å². The summed E-state index contributed by atoms with van der Waals surface area (Å²) >= 11 is 6.01. The number of benzene rings is 1. The molecule has 2 N–H and O–H groups in total. The van der Waals surface area contributed by atoms with Crippen molar-refractivity contribution in [2.75, 3.05) is 10.6 Å². The zero-order valence-corrected chi connectivity index (χ0v) is 11.0. The molecule has 0 aromatic heterocycles. The Labute approximate surface area is 111 Å². The number of anilines is 2. The molecule has 0 bridgehead atoms. The molecule has 4 nitrogen and oxygen atoms in total. The third kappa shape index (κ3) is 3.01. The number of hydrogen-bond donors (Lipinski definition) is 2. The van der Waals surface area contributed by atoms with Gasteiger partial charge >= 0.3 is 0 Å². The summed E-state index contributed by atoms with van der Waals surface area (Å²) < 4.78 is 0. The average molecular weight is 267 g/mol. The number of halogens is 1. The maximum atomic E-state index is 11.7. The van der Waals surface area contributed by atoms with Gasteiger partial charge < -0.3 is 10.6 Å². The summed E-state index contributed by atoms with van der Waals surface area (Å²) in [6, 6.07) is 5.04. The first-order chi connectivity index (χ1) is 8.47. The lowest BCUT2D eigenvalue weighted by Crippen LogP contribution is -2.14. The van der Waals surface area contributed by atoms with Crippen molar-refractivity contribution in [2.24, 2.45) is 11.8 Å². The minimum Gasteiger partial charge on any atom is -0.326 e. The van der Waals surface area contributed by atoms with Crippen LogP contribution in [0, 0.1) is 11.8 Å². The second kappa shape index (κ2) is 4.98. The van der Waals surface area contributed by atoms with Crippen LogP contribution in [0.2, 0.25) is 5.02 Å². The largest absolute Gasteiger partial charge is 0.326 e. The smallest absolute Gasteiger partial charge is 0.227 e. The molecule has 0 aliphatic heterocycles. The molecule has 1 aliphatic rings. The van der Waals surface area contributed by atoms with E-state index < -0.39 is 0 Å².